The second kappa shape index (κ2) is 6.99. The summed E-state index contributed by atoms with van der Waals surface area (Å²) < 4.78 is 8.19. The Morgan fingerprint density at radius 1 is 1.36 bits per heavy atom. The summed E-state index contributed by atoms with van der Waals surface area (Å²) in [7, 11) is 0. The predicted octanol–water partition coefficient (Wildman–Crippen LogP) is 3.88. The molecule has 0 radical (unpaired) electrons. The number of likely N-dealkylation sites (N-methyl/N-ethyl adjacent to an activating group) is 1. The van der Waals surface area contributed by atoms with Gasteiger partial charge in [-0.05, 0) is 44.1 Å². The van der Waals surface area contributed by atoms with Crippen molar-refractivity contribution in [3.8, 4) is 0 Å². The van der Waals surface area contributed by atoms with Crippen molar-refractivity contribution in [2.75, 3.05) is 26.2 Å². The lowest BCUT2D eigenvalue weighted by Gasteiger charge is -2.20. The number of halogens is 1. The third-order valence-corrected chi connectivity index (χ3v) is 4.73. The molecule has 120 valence electrons. The van der Waals surface area contributed by atoms with Crippen molar-refractivity contribution in [1.29, 1.82) is 0 Å². The maximum atomic E-state index is 6.12. The van der Waals surface area contributed by atoms with Crippen molar-refractivity contribution in [3.05, 3.63) is 29.0 Å². The zero-order valence-corrected chi connectivity index (χ0v) is 14.1. The van der Waals surface area contributed by atoms with Gasteiger partial charge in [0, 0.05) is 24.7 Å². The standard InChI is InChI=1S/C17H24ClN3O/c1-3-20(4-2)9-10-21-15-8-7-13(18)12-14(15)19-17(21)16-6-5-11-22-16/h7-8,12,16H,3-6,9-11H2,1-2H3. The van der Waals surface area contributed by atoms with Crippen molar-refractivity contribution in [2.45, 2.75) is 39.3 Å². The van der Waals surface area contributed by atoms with Gasteiger partial charge in [-0.15, -0.1) is 0 Å². The zero-order chi connectivity index (χ0) is 15.5. The highest BCUT2D eigenvalue weighted by Crippen LogP contribution is 2.31. The van der Waals surface area contributed by atoms with E-state index in [1.54, 1.807) is 0 Å². The SMILES string of the molecule is CCN(CC)CCn1c(C2CCCO2)nc2cc(Cl)ccc21. The van der Waals surface area contributed by atoms with Crippen molar-refractivity contribution in [2.24, 2.45) is 0 Å². The Balaban J connectivity index is 1.94. The van der Waals surface area contributed by atoms with Crippen molar-refractivity contribution in [3.63, 3.8) is 0 Å². The molecule has 1 aliphatic heterocycles. The summed E-state index contributed by atoms with van der Waals surface area (Å²) in [5.74, 6) is 1.06. The molecule has 4 nitrogen and oxygen atoms in total. The number of rotatable bonds is 6. The fourth-order valence-electron chi connectivity index (χ4n) is 3.16. The second-order valence-electron chi connectivity index (χ2n) is 5.78. The number of imidazole rings is 1. The van der Waals surface area contributed by atoms with Crippen molar-refractivity contribution < 1.29 is 4.74 Å². The Bertz CT molecular complexity index is 630. The van der Waals surface area contributed by atoms with Gasteiger partial charge in [-0.2, -0.15) is 0 Å². The highest BCUT2D eigenvalue weighted by molar-refractivity contribution is 6.31. The summed E-state index contributed by atoms with van der Waals surface area (Å²) in [5.41, 5.74) is 2.12. The van der Waals surface area contributed by atoms with E-state index in [0.29, 0.717) is 0 Å². The van der Waals surface area contributed by atoms with E-state index in [9.17, 15) is 0 Å². The molecule has 1 aromatic heterocycles. The molecule has 0 saturated carbocycles. The number of hydrogen-bond acceptors (Lipinski definition) is 3. The van der Waals surface area contributed by atoms with E-state index >= 15 is 0 Å². The fourth-order valence-corrected chi connectivity index (χ4v) is 3.33. The average molecular weight is 322 g/mol. The van der Waals surface area contributed by atoms with Crippen LogP contribution in [0.2, 0.25) is 5.02 Å². The number of fused-ring (bicyclic) bond motifs is 1. The molecule has 2 aromatic rings. The number of hydrogen-bond donors (Lipinski definition) is 0. The summed E-state index contributed by atoms with van der Waals surface area (Å²) in [5, 5.41) is 0.736. The smallest absolute Gasteiger partial charge is 0.139 e. The summed E-state index contributed by atoms with van der Waals surface area (Å²) >= 11 is 6.12. The quantitative estimate of drug-likeness (QED) is 0.808. The molecule has 1 unspecified atom stereocenters. The summed E-state index contributed by atoms with van der Waals surface area (Å²) in [6.45, 7) is 9.36. The lowest BCUT2D eigenvalue weighted by atomic mass is 10.2. The van der Waals surface area contributed by atoms with E-state index in [1.807, 2.05) is 12.1 Å². The Labute approximate surface area is 137 Å². The Morgan fingerprint density at radius 2 is 2.18 bits per heavy atom. The average Bonchev–Trinajstić information content (AvgIpc) is 3.15. The molecule has 0 aliphatic carbocycles. The predicted molar refractivity (Wildman–Crippen MR) is 90.5 cm³/mol. The van der Waals surface area contributed by atoms with Crippen LogP contribution in [-0.2, 0) is 11.3 Å². The first kappa shape index (κ1) is 15.8. The molecular weight excluding hydrogens is 298 g/mol. The summed E-state index contributed by atoms with van der Waals surface area (Å²) in [6.07, 6.45) is 2.30. The van der Waals surface area contributed by atoms with Crippen LogP contribution in [0.5, 0.6) is 0 Å². The van der Waals surface area contributed by atoms with E-state index in [1.165, 1.54) is 0 Å². The third-order valence-electron chi connectivity index (χ3n) is 4.49. The van der Waals surface area contributed by atoms with Gasteiger partial charge in [0.15, 0.2) is 0 Å². The summed E-state index contributed by atoms with van der Waals surface area (Å²) in [4.78, 5) is 7.25. The normalized spacial score (nSPS) is 18.6. The number of benzene rings is 1. The van der Waals surface area contributed by atoms with Crippen LogP contribution in [0.3, 0.4) is 0 Å². The van der Waals surface area contributed by atoms with Crippen LogP contribution in [0.1, 0.15) is 38.6 Å². The van der Waals surface area contributed by atoms with E-state index in [-0.39, 0.29) is 6.10 Å². The highest BCUT2D eigenvalue weighted by atomic mass is 35.5. The largest absolute Gasteiger partial charge is 0.370 e. The van der Waals surface area contributed by atoms with Gasteiger partial charge in [0.25, 0.3) is 0 Å². The van der Waals surface area contributed by atoms with Gasteiger partial charge in [0.2, 0.25) is 0 Å². The van der Waals surface area contributed by atoms with Gasteiger partial charge < -0.3 is 14.2 Å². The number of nitrogens with zero attached hydrogens (tertiary/aromatic N) is 3. The number of ether oxygens (including phenoxy) is 1. The maximum Gasteiger partial charge on any atom is 0.139 e. The first-order valence-electron chi connectivity index (χ1n) is 8.22. The molecule has 1 saturated heterocycles. The van der Waals surface area contributed by atoms with Crippen LogP contribution >= 0.6 is 11.6 Å². The molecule has 1 aromatic carbocycles. The topological polar surface area (TPSA) is 30.3 Å². The van der Waals surface area contributed by atoms with Crippen LogP contribution < -0.4 is 0 Å². The van der Waals surface area contributed by atoms with Crippen molar-refractivity contribution >= 4 is 22.6 Å². The Hall–Kier alpha value is -1.10. The molecule has 5 heteroatoms. The Morgan fingerprint density at radius 3 is 2.86 bits per heavy atom. The molecular formula is C17H24ClN3O. The zero-order valence-electron chi connectivity index (χ0n) is 13.4. The van der Waals surface area contributed by atoms with Crippen LogP contribution in [0.4, 0.5) is 0 Å². The first-order valence-corrected chi connectivity index (χ1v) is 8.60. The van der Waals surface area contributed by atoms with Crippen LogP contribution in [0.15, 0.2) is 18.2 Å². The lowest BCUT2D eigenvalue weighted by molar-refractivity contribution is 0.102. The molecule has 0 bridgehead atoms. The second-order valence-corrected chi connectivity index (χ2v) is 6.22. The molecule has 1 fully saturated rings. The Kier molecular flexibility index (Phi) is 5.01. The lowest BCUT2D eigenvalue weighted by Crippen LogP contribution is -2.27. The molecule has 1 aliphatic rings. The molecule has 0 N–H and O–H groups in total. The molecule has 1 atom stereocenters. The van der Waals surface area contributed by atoms with Crippen molar-refractivity contribution in [1.82, 2.24) is 14.5 Å². The van der Waals surface area contributed by atoms with E-state index in [0.717, 1.165) is 67.5 Å². The van der Waals surface area contributed by atoms with E-state index < -0.39 is 0 Å². The third kappa shape index (κ3) is 3.14. The minimum absolute atomic E-state index is 0.128. The van der Waals surface area contributed by atoms with Crippen LogP contribution in [-0.4, -0.2) is 40.7 Å². The van der Waals surface area contributed by atoms with Crippen LogP contribution in [0.25, 0.3) is 11.0 Å². The summed E-state index contributed by atoms with van der Waals surface area (Å²) in [6, 6.07) is 5.97. The molecule has 0 spiro atoms. The first-order chi connectivity index (χ1) is 10.7. The fraction of sp³-hybridized carbons (Fsp3) is 0.588. The molecule has 0 amide bonds. The maximum absolute atomic E-state index is 6.12. The van der Waals surface area contributed by atoms with Gasteiger partial charge in [-0.1, -0.05) is 25.4 Å². The van der Waals surface area contributed by atoms with Gasteiger partial charge in [-0.3, -0.25) is 0 Å². The van der Waals surface area contributed by atoms with E-state index in [4.69, 9.17) is 21.3 Å². The monoisotopic (exact) mass is 321 g/mol. The van der Waals surface area contributed by atoms with Crippen LogP contribution in [0, 0.1) is 0 Å². The highest BCUT2D eigenvalue weighted by Gasteiger charge is 2.24. The van der Waals surface area contributed by atoms with Gasteiger partial charge in [0.05, 0.1) is 11.0 Å². The number of aromatic nitrogens is 2. The minimum Gasteiger partial charge on any atom is -0.370 e. The molecule has 2 heterocycles. The van der Waals surface area contributed by atoms with E-state index in [2.05, 4.69) is 29.4 Å². The van der Waals surface area contributed by atoms with Gasteiger partial charge in [-0.25, -0.2) is 4.98 Å². The molecule has 22 heavy (non-hydrogen) atoms. The van der Waals surface area contributed by atoms with Gasteiger partial charge in [0.1, 0.15) is 11.9 Å². The van der Waals surface area contributed by atoms with Gasteiger partial charge >= 0.3 is 0 Å². The molecule has 3 rings (SSSR count). The minimum atomic E-state index is 0.128.